The van der Waals surface area contributed by atoms with E-state index in [1.807, 2.05) is 0 Å². The molecule has 2 rings (SSSR count). The number of hydrogen-bond donors (Lipinski definition) is 2. The minimum atomic E-state index is -2.25. The molecule has 1 fully saturated rings. The molecule has 0 saturated carbocycles. The first-order valence-corrected chi connectivity index (χ1v) is 7.26. The normalized spacial score (nSPS) is 20.3. The van der Waals surface area contributed by atoms with E-state index >= 15 is 0 Å². The minimum absolute atomic E-state index is 0.0719. The van der Waals surface area contributed by atoms with Crippen LogP contribution in [0.25, 0.3) is 0 Å². The number of halogens is 2. The van der Waals surface area contributed by atoms with Crippen molar-refractivity contribution in [1.82, 2.24) is 10.2 Å². The van der Waals surface area contributed by atoms with Gasteiger partial charge in [0.25, 0.3) is 11.7 Å². The molecule has 2 N–H and O–H groups in total. The molecule has 2 amide bonds. The Hall–Kier alpha value is -2.26. The Bertz CT molecular complexity index is 608. The predicted octanol–water partition coefficient (Wildman–Crippen LogP) is 0.758. The van der Waals surface area contributed by atoms with Crippen LogP contribution < -0.4 is 5.32 Å². The molecule has 1 aromatic carbocycles. The summed E-state index contributed by atoms with van der Waals surface area (Å²) in [7, 11) is 1.48. The molecule has 0 unspecified atom stereocenters. The van der Waals surface area contributed by atoms with Gasteiger partial charge in [-0.3, -0.25) is 4.79 Å². The monoisotopic (exact) mass is 344 g/mol. The summed E-state index contributed by atoms with van der Waals surface area (Å²) in [6, 6.07) is 2.80. The number of nitrogens with one attached hydrogen (secondary N) is 1. The van der Waals surface area contributed by atoms with Crippen molar-refractivity contribution in [2.24, 2.45) is 0 Å². The van der Waals surface area contributed by atoms with Crippen molar-refractivity contribution in [3.05, 3.63) is 35.4 Å². The molecule has 0 spiro atoms. The van der Waals surface area contributed by atoms with E-state index in [-0.39, 0.29) is 31.6 Å². The van der Waals surface area contributed by atoms with Gasteiger partial charge in [-0.25, -0.2) is 13.6 Å². The fraction of sp³-hybridized carbons (Fsp3) is 0.467. The number of carbonyl (C=O) groups is 2. The molecule has 132 valence electrons. The minimum Gasteiger partial charge on any atom is -0.407 e. The van der Waals surface area contributed by atoms with Gasteiger partial charge < -0.3 is 24.8 Å². The number of rotatable bonds is 6. The van der Waals surface area contributed by atoms with E-state index in [1.54, 1.807) is 0 Å². The number of carbonyl (C=O) groups excluding carboxylic acids is 2. The predicted molar refractivity (Wildman–Crippen MR) is 77.7 cm³/mol. The number of benzene rings is 1. The molecule has 24 heavy (non-hydrogen) atoms. The van der Waals surface area contributed by atoms with Crippen LogP contribution in [0, 0.1) is 11.6 Å². The molecule has 9 heteroatoms. The summed E-state index contributed by atoms with van der Waals surface area (Å²) >= 11 is 0. The van der Waals surface area contributed by atoms with Gasteiger partial charge in [-0.1, -0.05) is 0 Å². The van der Waals surface area contributed by atoms with Gasteiger partial charge in [0.2, 0.25) is 0 Å². The van der Waals surface area contributed by atoms with Crippen molar-refractivity contribution in [2.75, 3.05) is 26.8 Å². The van der Waals surface area contributed by atoms with Gasteiger partial charge in [0.05, 0.1) is 6.61 Å². The maximum absolute atomic E-state index is 13.1. The first-order chi connectivity index (χ1) is 11.3. The summed E-state index contributed by atoms with van der Waals surface area (Å²) in [4.78, 5) is 25.1. The molecule has 0 radical (unpaired) electrons. The van der Waals surface area contributed by atoms with Crippen molar-refractivity contribution < 1.29 is 33.0 Å². The average molecular weight is 344 g/mol. The number of ether oxygens (including phenoxy) is 2. The van der Waals surface area contributed by atoms with E-state index in [1.165, 1.54) is 12.0 Å². The summed E-state index contributed by atoms with van der Waals surface area (Å²) in [5.74, 6) is -4.53. The lowest BCUT2D eigenvalue weighted by Crippen LogP contribution is -2.46. The summed E-state index contributed by atoms with van der Waals surface area (Å²) in [5, 5.41) is 12.4. The highest BCUT2D eigenvalue weighted by atomic mass is 19.1. The maximum Gasteiger partial charge on any atom is 0.410 e. The van der Waals surface area contributed by atoms with Crippen LogP contribution in [0.15, 0.2) is 18.2 Å². The molecule has 0 aliphatic carbocycles. The quantitative estimate of drug-likeness (QED) is 0.744. The highest BCUT2D eigenvalue weighted by Gasteiger charge is 2.48. The number of amides is 2. The Kier molecular flexibility index (Phi) is 5.68. The van der Waals surface area contributed by atoms with Gasteiger partial charge in [0.1, 0.15) is 11.6 Å². The van der Waals surface area contributed by atoms with Gasteiger partial charge in [-0.15, -0.1) is 0 Å². The summed E-state index contributed by atoms with van der Waals surface area (Å²) in [5.41, 5.74) is 0.177. The van der Waals surface area contributed by atoms with Crippen LogP contribution in [0.2, 0.25) is 0 Å². The topological polar surface area (TPSA) is 88.1 Å². The number of likely N-dealkylation sites (tertiary alicyclic amines) is 1. The second-order valence-corrected chi connectivity index (χ2v) is 5.34. The maximum atomic E-state index is 13.1. The van der Waals surface area contributed by atoms with Crippen molar-refractivity contribution in [3.8, 4) is 0 Å². The second kappa shape index (κ2) is 7.54. The van der Waals surface area contributed by atoms with Crippen LogP contribution in [0.4, 0.5) is 13.6 Å². The number of methoxy groups -OCH3 is 1. The Morgan fingerprint density at radius 3 is 2.67 bits per heavy atom. The Labute approximate surface area is 137 Å². The molecule has 7 nitrogen and oxygen atoms in total. The van der Waals surface area contributed by atoms with E-state index in [0.29, 0.717) is 12.7 Å². The third kappa shape index (κ3) is 4.39. The molecule has 1 aliphatic rings. The zero-order valence-corrected chi connectivity index (χ0v) is 13.1. The largest absolute Gasteiger partial charge is 0.410 e. The first-order valence-electron chi connectivity index (χ1n) is 7.26. The lowest BCUT2D eigenvalue weighted by Gasteiger charge is -2.22. The average Bonchev–Trinajstić information content (AvgIpc) is 2.78. The number of nitrogens with zero attached hydrogens (tertiary/aromatic N) is 1. The zero-order chi connectivity index (χ0) is 17.7. The third-order valence-electron chi connectivity index (χ3n) is 3.53. The zero-order valence-electron chi connectivity index (χ0n) is 13.1. The van der Waals surface area contributed by atoms with E-state index < -0.39 is 29.4 Å². The Morgan fingerprint density at radius 1 is 1.38 bits per heavy atom. The number of aliphatic hydroxyl groups is 1. The molecular weight excluding hydrogens is 326 g/mol. The number of alkyl carbamates (subject to hydrolysis) is 1. The molecule has 1 heterocycles. The van der Waals surface area contributed by atoms with E-state index in [4.69, 9.17) is 9.47 Å². The highest BCUT2D eigenvalue weighted by Crippen LogP contribution is 2.24. The van der Waals surface area contributed by atoms with Crippen LogP contribution >= 0.6 is 0 Å². The van der Waals surface area contributed by atoms with Crippen LogP contribution in [0.1, 0.15) is 12.0 Å². The number of hydrogen-bond acceptors (Lipinski definition) is 5. The van der Waals surface area contributed by atoms with Gasteiger partial charge in [-0.05, 0) is 17.7 Å². The van der Waals surface area contributed by atoms with Gasteiger partial charge in [0.15, 0.2) is 0 Å². The van der Waals surface area contributed by atoms with E-state index in [0.717, 1.165) is 12.1 Å². The molecule has 1 aliphatic heterocycles. The third-order valence-corrected chi connectivity index (χ3v) is 3.53. The molecule has 1 atom stereocenters. The summed E-state index contributed by atoms with van der Waals surface area (Å²) in [6.07, 6.45) is -1.14. The summed E-state index contributed by atoms with van der Waals surface area (Å²) in [6.45, 7) is 0.566. The lowest BCUT2D eigenvalue weighted by atomic mass is 10.2. The van der Waals surface area contributed by atoms with Crippen molar-refractivity contribution in [2.45, 2.75) is 18.8 Å². The Balaban J connectivity index is 1.88. The standard InChI is InChI=1S/C15H18F2N2O5/c1-23-5-4-19-3-2-15(22,13(19)20)24-14(21)18-9-10-6-11(16)8-12(17)7-10/h6-8,22H,2-5,9H2,1H3,(H,18,21)/t15-/m0/s1. The van der Waals surface area contributed by atoms with Crippen molar-refractivity contribution >= 4 is 12.0 Å². The van der Waals surface area contributed by atoms with Crippen molar-refractivity contribution in [3.63, 3.8) is 0 Å². The van der Waals surface area contributed by atoms with Gasteiger partial charge in [-0.2, -0.15) is 0 Å². The van der Waals surface area contributed by atoms with Crippen LogP contribution in [0.3, 0.4) is 0 Å². The molecule has 1 saturated heterocycles. The van der Waals surface area contributed by atoms with Crippen LogP contribution in [0.5, 0.6) is 0 Å². The summed E-state index contributed by atoms with van der Waals surface area (Å²) < 4.78 is 35.7. The van der Waals surface area contributed by atoms with Crippen molar-refractivity contribution in [1.29, 1.82) is 0 Å². The highest BCUT2D eigenvalue weighted by molar-refractivity contribution is 5.87. The van der Waals surface area contributed by atoms with Gasteiger partial charge in [0, 0.05) is 39.2 Å². The van der Waals surface area contributed by atoms with Crippen LogP contribution in [-0.2, 0) is 20.8 Å². The van der Waals surface area contributed by atoms with Gasteiger partial charge >= 0.3 is 6.09 Å². The fourth-order valence-corrected chi connectivity index (χ4v) is 2.33. The van der Waals surface area contributed by atoms with E-state index in [2.05, 4.69) is 5.32 Å². The first kappa shape index (κ1) is 18.1. The Morgan fingerprint density at radius 2 is 2.04 bits per heavy atom. The van der Waals surface area contributed by atoms with Crippen LogP contribution in [-0.4, -0.2) is 54.6 Å². The van der Waals surface area contributed by atoms with E-state index in [9.17, 15) is 23.5 Å². The SMILES string of the molecule is COCCN1CC[C@](O)(OC(=O)NCc2cc(F)cc(F)c2)C1=O. The molecule has 0 aromatic heterocycles. The fourth-order valence-electron chi connectivity index (χ4n) is 2.33. The smallest absolute Gasteiger partial charge is 0.407 e. The molecule has 0 bridgehead atoms. The molecule has 1 aromatic rings. The molecular formula is C15H18F2N2O5. The lowest BCUT2D eigenvalue weighted by molar-refractivity contribution is -0.182. The second-order valence-electron chi connectivity index (χ2n) is 5.34.